The molecule has 1 aromatic heterocycles. The van der Waals surface area contributed by atoms with Crippen molar-refractivity contribution < 1.29 is 0 Å². The summed E-state index contributed by atoms with van der Waals surface area (Å²) in [7, 11) is 2.09. The van der Waals surface area contributed by atoms with Crippen molar-refractivity contribution in [2.45, 2.75) is 13.5 Å². The third-order valence-corrected chi connectivity index (χ3v) is 3.34. The molecule has 0 fully saturated rings. The van der Waals surface area contributed by atoms with Gasteiger partial charge in [-0.2, -0.15) is 12.6 Å². The van der Waals surface area contributed by atoms with E-state index >= 15 is 0 Å². The molecule has 0 amide bonds. The van der Waals surface area contributed by atoms with Crippen molar-refractivity contribution in [3.63, 3.8) is 0 Å². The van der Waals surface area contributed by atoms with Crippen LogP contribution >= 0.6 is 24.0 Å². The summed E-state index contributed by atoms with van der Waals surface area (Å²) < 4.78 is 0. The van der Waals surface area contributed by atoms with Crippen molar-refractivity contribution in [1.82, 2.24) is 9.88 Å². The quantitative estimate of drug-likeness (QED) is 0.615. The number of aromatic nitrogens is 1. The summed E-state index contributed by atoms with van der Waals surface area (Å²) in [5.74, 6) is 0.756. The summed E-state index contributed by atoms with van der Waals surface area (Å²) >= 11 is 5.90. The fraction of sp³-hybridized carbons (Fsp3) is 0.500. The second-order valence-electron chi connectivity index (χ2n) is 3.44. The molecule has 0 atom stereocenters. The molecular weight excluding hydrogens is 212 g/mol. The van der Waals surface area contributed by atoms with Gasteiger partial charge in [-0.15, -0.1) is 11.3 Å². The number of rotatable bonds is 5. The highest BCUT2D eigenvalue weighted by Gasteiger charge is 2.05. The second-order valence-corrected chi connectivity index (χ2v) is 4.70. The van der Waals surface area contributed by atoms with Crippen LogP contribution in [-0.4, -0.2) is 29.2 Å². The molecule has 0 saturated heterocycles. The van der Waals surface area contributed by atoms with Crippen LogP contribution in [0.25, 0.3) is 0 Å². The van der Waals surface area contributed by atoms with Crippen molar-refractivity contribution >= 4 is 24.0 Å². The van der Waals surface area contributed by atoms with Gasteiger partial charge in [0, 0.05) is 23.7 Å². The number of aryl methyl sites for hydroxylation is 1. The standard InChI is InChI=1S/C10H16N2S2/c1-8(6-13)4-12(3)5-10-9(2)11-7-14-10/h7,13H,1,4-6H2,2-3H3. The zero-order valence-corrected chi connectivity index (χ0v) is 10.4. The molecule has 0 saturated carbocycles. The van der Waals surface area contributed by atoms with E-state index in [9.17, 15) is 0 Å². The minimum Gasteiger partial charge on any atom is -0.297 e. The van der Waals surface area contributed by atoms with Crippen molar-refractivity contribution in [3.05, 3.63) is 28.2 Å². The zero-order valence-electron chi connectivity index (χ0n) is 8.66. The molecule has 0 bridgehead atoms. The van der Waals surface area contributed by atoms with E-state index in [4.69, 9.17) is 0 Å². The molecule has 0 aromatic carbocycles. The average Bonchev–Trinajstić information content (AvgIpc) is 2.51. The van der Waals surface area contributed by atoms with Crippen molar-refractivity contribution in [2.75, 3.05) is 19.3 Å². The highest BCUT2D eigenvalue weighted by Crippen LogP contribution is 2.14. The highest BCUT2D eigenvalue weighted by atomic mass is 32.1. The Morgan fingerprint density at radius 1 is 1.71 bits per heavy atom. The molecule has 0 aliphatic heterocycles. The molecule has 4 heteroatoms. The molecule has 0 N–H and O–H groups in total. The van der Waals surface area contributed by atoms with Crippen LogP contribution in [0.15, 0.2) is 17.7 Å². The Bertz CT molecular complexity index is 307. The second kappa shape index (κ2) is 5.53. The van der Waals surface area contributed by atoms with Gasteiger partial charge in [-0.3, -0.25) is 4.90 Å². The summed E-state index contributed by atoms with van der Waals surface area (Å²) in [5, 5.41) is 0. The van der Waals surface area contributed by atoms with Crippen LogP contribution in [0, 0.1) is 6.92 Å². The molecule has 0 aliphatic carbocycles. The Morgan fingerprint density at radius 2 is 2.43 bits per heavy atom. The summed E-state index contributed by atoms with van der Waals surface area (Å²) in [6.07, 6.45) is 0. The average molecular weight is 228 g/mol. The van der Waals surface area contributed by atoms with Gasteiger partial charge in [0.15, 0.2) is 0 Å². The molecule has 1 rings (SSSR count). The molecular formula is C10H16N2S2. The van der Waals surface area contributed by atoms with E-state index in [0.717, 1.165) is 30.1 Å². The van der Waals surface area contributed by atoms with E-state index in [1.165, 1.54) is 4.88 Å². The van der Waals surface area contributed by atoms with Gasteiger partial charge in [0.25, 0.3) is 0 Å². The normalized spacial score (nSPS) is 10.9. The molecule has 0 radical (unpaired) electrons. The molecule has 0 spiro atoms. The number of thiazole rings is 1. The monoisotopic (exact) mass is 228 g/mol. The Morgan fingerprint density at radius 3 is 2.93 bits per heavy atom. The topological polar surface area (TPSA) is 16.1 Å². The fourth-order valence-corrected chi connectivity index (χ4v) is 2.17. The number of nitrogens with zero attached hydrogens (tertiary/aromatic N) is 2. The van der Waals surface area contributed by atoms with Crippen LogP contribution in [0.1, 0.15) is 10.6 Å². The van der Waals surface area contributed by atoms with Gasteiger partial charge >= 0.3 is 0 Å². The minimum absolute atomic E-state index is 0.756. The Labute approximate surface area is 95.1 Å². The number of hydrogen-bond donors (Lipinski definition) is 1. The van der Waals surface area contributed by atoms with Crippen LogP contribution < -0.4 is 0 Å². The van der Waals surface area contributed by atoms with Crippen molar-refractivity contribution in [1.29, 1.82) is 0 Å². The lowest BCUT2D eigenvalue weighted by atomic mass is 10.3. The van der Waals surface area contributed by atoms with Gasteiger partial charge in [0.05, 0.1) is 11.2 Å². The van der Waals surface area contributed by atoms with Gasteiger partial charge < -0.3 is 0 Å². The molecule has 0 aliphatic rings. The first-order chi connectivity index (χ1) is 6.63. The summed E-state index contributed by atoms with van der Waals surface area (Å²) in [4.78, 5) is 7.79. The van der Waals surface area contributed by atoms with Gasteiger partial charge in [0.1, 0.15) is 0 Å². The lowest BCUT2D eigenvalue weighted by Gasteiger charge is -2.16. The Kier molecular flexibility index (Phi) is 4.65. The van der Waals surface area contributed by atoms with Gasteiger partial charge in [-0.25, -0.2) is 4.98 Å². The molecule has 2 nitrogen and oxygen atoms in total. The third kappa shape index (κ3) is 3.44. The van der Waals surface area contributed by atoms with E-state index < -0.39 is 0 Å². The molecule has 14 heavy (non-hydrogen) atoms. The van der Waals surface area contributed by atoms with E-state index in [-0.39, 0.29) is 0 Å². The summed E-state index contributed by atoms with van der Waals surface area (Å²) in [6.45, 7) is 7.83. The molecule has 1 aromatic rings. The maximum absolute atomic E-state index is 4.22. The summed E-state index contributed by atoms with van der Waals surface area (Å²) in [5.41, 5.74) is 4.18. The maximum atomic E-state index is 4.22. The van der Waals surface area contributed by atoms with Crippen molar-refractivity contribution in [2.24, 2.45) is 0 Å². The van der Waals surface area contributed by atoms with Crippen LogP contribution in [0.5, 0.6) is 0 Å². The maximum Gasteiger partial charge on any atom is 0.0798 e. The minimum atomic E-state index is 0.756. The SMILES string of the molecule is C=C(CS)CN(C)Cc1scnc1C. The van der Waals surface area contributed by atoms with Gasteiger partial charge in [0.2, 0.25) is 0 Å². The van der Waals surface area contributed by atoms with E-state index in [1.807, 2.05) is 12.4 Å². The van der Waals surface area contributed by atoms with Crippen LogP contribution in [0.2, 0.25) is 0 Å². The summed E-state index contributed by atoms with van der Waals surface area (Å²) in [6, 6.07) is 0. The number of thiol groups is 1. The predicted molar refractivity (Wildman–Crippen MR) is 66.2 cm³/mol. The van der Waals surface area contributed by atoms with E-state index in [2.05, 4.69) is 36.1 Å². The van der Waals surface area contributed by atoms with Gasteiger partial charge in [-0.1, -0.05) is 12.2 Å². The fourth-order valence-electron chi connectivity index (χ4n) is 1.21. The number of likely N-dealkylation sites (N-methyl/N-ethyl adjacent to an activating group) is 1. The van der Waals surface area contributed by atoms with E-state index in [0.29, 0.717) is 0 Å². The first kappa shape index (κ1) is 11.8. The Balaban J connectivity index is 2.45. The smallest absolute Gasteiger partial charge is 0.0798 e. The molecule has 1 heterocycles. The number of hydrogen-bond acceptors (Lipinski definition) is 4. The van der Waals surface area contributed by atoms with Crippen LogP contribution in [0.4, 0.5) is 0 Å². The lowest BCUT2D eigenvalue weighted by molar-refractivity contribution is 0.358. The molecule has 78 valence electrons. The van der Waals surface area contributed by atoms with Crippen molar-refractivity contribution in [3.8, 4) is 0 Å². The largest absolute Gasteiger partial charge is 0.297 e. The first-order valence-corrected chi connectivity index (χ1v) is 5.99. The highest BCUT2D eigenvalue weighted by molar-refractivity contribution is 7.80. The third-order valence-electron chi connectivity index (χ3n) is 1.98. The van der Waals surface area contributed by atoms with Crippen LogP contribution in [0.3, 0.4) is 0 Å². The van der Waals surface area contributed by atoms with E-state index in [1.54, 1.807) is 11.3 Å². The first-order valence-electron chi connectivity index (χ1n) is 4.48. The van der Waals surface area contributed by atoms with Crippen LogP contribution in [-0.2, 0) is 6.54 Å². The zero-order chi connectivity index (χ0) is 10.6. The van der Waals surface area contributed by atoms with Gasteiger partial charge in [-0.05, 0) is 14.0 Å². The predicted octanol–water partition coefficient (Wildman–Crippen LogP) is 2.37. The Hall–Kier alpha value is -0.320. The lowest BCUT2D eigenvalue weighted by Crippen LogP contribution is -2.20. The molecule has 0 unspecified atom stereocenters.